The van der Waals surface area contributed by atoms with E-state index < -0.39 is 9.84 Å². The number of fused-ring (bicyclic) bond motifs is 2. The highest BCUT2D eigenvalue weighted by Gasteiger charge is 2.39. The number of nitrogens with zero attached hydrogens (tertiary/aromatic N) is 1. The van der Waals surface area contributed by atoms with Gasteiger partial charge in [-0.2, -0.15) is 0 Å². The minimum absolute atomic E-state index is 0.0370. The van der Waals surface area contributed by atoms with E-state index in [1.54, 1.807) is 48.5 Å². The van der Waals surface area contributed by atoms with E-state index in [-0.39, 0.29) is 28.6 Å². The first-order valence-electron chi connectivity index (χ1n) is 9.45. The average Bonchev–Trinajstić information content (AvgIpc) is 2.94. The number of hydrogen-bond donors (Lipinski definition) is 1. The lowest BCUT2D eigenvalue weighted by atomic mass is 10.1. The standard InChI is InChI=1S/C21H24N2O3S/c24-21(23-17-10-11-18(23)14-22-13-12-17)20-9-5-4-6-16(20)15-27(25,26)19-7-2-1-3-8-19/h1-9,17-18,22H,10-15H2. The molecule has 2 aliphatic heterocycles. The third-order valence-electron chi connectivity index (χ3n) is 5.58. The van der Waals surface area contributed by atoms with Gasteiger partial charge in [-0.1, -0.05) is 36.4 Å². The Morgan fingerprint density at radius 1 is 0.963 bits per heavy atom. The molecule has 142 valence electrons. The first-order valence-corrected chi connectivity index (χ1v) is 11.1. The molecule has 0 radical (unpaired) electrons. The maximum Gasteiger partial charge on any atom is 0.254 e. The molecule has 2 fully saturated rings. The van der Waals surface area contributed by atoms with Crippen molar-refractivity contribution in [1.82, 2.24) is 10.2 Å². The highest BCUT2D eigenvalue weighted by atomic mass is 32.2. The van der Waals surface area contributed by atoms with E-state index in [0.29, 0.717) is 11.1 Å². The number of amides is 1. The summed E-state index contributed by atoms with van der Waals surface area (Å²) in [6.07, 6.45) is 2.99. The molecule has 2 heterocycles. The second-order valence-electron chi connectivity index (χ2n) is 7.32. The second kappa shape index (κ2) is 7.44. The zero-order valence-corrected chi connectivity index (χ0v) is 16.0. The first-order chi connectivity index (χ1) is 13.1. The quantitative estimate of drug-likeness (QED) is 0.880. The summed E-state index contributed by atoms with van der Waals surface area (Å²) >= 11 is 0. The van der Waals surface area contributed by atoms with Crippen LogP contribution in [0.3, 0.4) is 0 Å². The van der Waals surface area contributed by atoms with Crippen molar-refractivity contribution in [3.63, 3.8) is 0 Å². The van der Waals surface area contributed by atoms with Crippen LogP contribution in [-0.2, 0) is 15.6 Å². The van der Waals surface area contributed by atoms with Gasteiger partial charge in [0.15, 0.2) is 9.84 Å². The fourth-order valence-electron chi connectivity index (χ4n) is 4.22. The van der Waals surface area contributed by atoms with Crippen molar-refractivity contribution in [2.24, 2.45) is 0 Å². The smallest absolute Gasteiger partial charge is 0.254 e. The normalized spacial score (nSPS) is 22.4. The van der Waals surface area contributed by atoms with Crippen molar-refractivity contribution in [2.45, 2.75) is 42.0 Å². The topological polar surface area (TPSA) is 66.5 Å². The van der Waals surface area contributed by atoms with Crippen LogP contribution in [0, 0.1) is 0 Å². The fraction of sp³-hybridized carbons (Fsp3) is 0.381. The highest BCUT2D eigenvalue weighted by molar-refractivity contribution is 7.90. The van der Waals surface area contributed by atoms with E-state index in [2.05, 4.69) is 5.32 Å². The van der Waals surface area contributed by atoms with Gasteiger partial charge in [-0.15, -0.1) is 0 Å². The average molecular weight is 385 g/mol. The molecule has 2 bridgehead atoms. The van der Waals surface area contributed by atoms with E-state index >= 15 is 0 Å². The van der Waals surface area contributed by atoms with Crippen LogP contribution in [0.1, 0.15) is 35.2 Å². The Labute approximate surface area is 160 Å². The molecule has 2 unspecified atom stereocenters. The summed E-state index contributed by atoms with van der Waals surface area (Å²) in [4.78, 5) is 15.6. The zero-order chi connectivity index (χ0) is 18.9. The van der Waals surface area contributed by atoms with Gasteiger partial charge >= 0.3 is 0 Å². The number of carbonyl (C=O) groups is 1. The van der Waals surface area contributed by atoms with Gasteiger partial charge < -0.3 is 10.2 Å². The van der Waals surface area contributed by atoms with Gasteiger partial charge in [-0.3, -0.25) is 4.79 Å². The summed E-state index contributed by atoms with van der Waals surface area (Å²) in [5.41, 5.74) is 1.08. The van der Waals surface area contributed by atoms with E-state index in [9.17, 15) is 13.2 Å². The SMILES string of the molecule is O=C(c1ccccc1CS(=O)(=O)c1ccccc1)N1C2CCNCC1CC2. The summed E-state index contributed by atoms with van der Waals surface area (Å²) in [6, 6.07) is 16.0. The Balaban J connectivity index is 1.65. The number of hydrogen-bond acceptors (Lipinski definition) is 4. The molecule has 2 aliphatic rings. The molecule has 0 aliphatic carbocycles. The third kappa shape index (κ3) is 3.64. The summed E-state index contributed by atoms with van der Waals surface area (Å²) in [7, 11) is -3.50. The van der Waals surface area contributed by atoms with E-state index in [1.807, 2.05) is 11.0 Å². The van der Waals surface area contributed by atoms with Crippen LogP contribution >= 0.6 is 0 Å². The van der Waals surface area contributed by atoms with Crippen molar-refractivity contribution in [3.05, 3.63) is 65.7 Å². The molecule has 2 atom stereocenters. The number of rotatable bonds is 4. The van der Waals surface area contributed by atoms with Crippen LogP contribution in [0.25, 0.3) is 0 Å². The summed E-state index contributed by atoms with van der Waals surface area (Å²) in [5, 5.41) is 3.40. The second-order valence-corrected chi connectivity index (χ2v) is 9.31. The van der Waals surface area contributed by atoms with Crippen molar-refractivity contribution in [1.29, 1.82) is 0 Å². The Bertz CT molecular complexity index is 913. The lowest BCUT2D eigenvalue weighted by Gasteiger charge is -2.28. The molecule has 27 heavy (non-hydrogen) atoms. The minimum atomic E-state index is -3.50. The lowest BCUT2D eigenvalue weighted by molar-refractivity contribution is 0.0679. The molecule has 1 N–H and O–H groups in total. The van der Waals surface area contributed by atoms with Crippen LogP contribution < -0.4 is 5.32 Å². The molecule has 0 saturated carbocycles. The first kappa shape index (κ1) is 18.2. The van der Waals surface area contributed by atoms with Crippen molar-refractivity contribution < 1.29 is 13.2 Å². The van der Waals surface area contributed by atoms with Gasteiger partial charge in [-0.05, 0) is 49.6 Å². The van der Waals surface area contributed by atoms with Crippen molar-refractivity contribution in [3.8, 4) is 0 Å². The molecule has 2 aromatic carbocycles. The number of benzene rings is 2. The largest absolute Gasteiger partial charge is 0.331 e. The monoisotopic (exact) mass is 384 g/mol. The van der Waals surface area contributed by atoms with Crippen LogP contribution in [0.4, 0.5) is 0 Å². The number of nitrogens with one attached hydrogen (secondary N) is 1. The molecular formula is C21H24N2O3S. The number of sulfone groups is 1. The lowest BCUT2D eigenvalue weighted by Crippen LogP contribution is -2.42. The Morgan fingerprint density at radius 3 is 2.48 bits per heavy atom. The van der Waals surface area contributed by atoms with Crippen molar-refractivity contribution >= 4 is 15.7 Å². The van der Waals surface area contributed by atoms with Gasteiger partial charge in [0.2, 0.25) is 0 Å². The van der Waals surface area contributed by atoms with E-state index in [0.717, 1.165) is 32.4 Å². The van der Waals surface area contributed by atoms with Crippen LogP contribution in [0.15, 0.2) is 59.5 Å². The number of carbonyl (C=O) groups excluding carboxylic acids is 1. The Morgan fingerprint density at radius 2 is 1.67 bits per heavy atom. The minimum Gasteiger partial charge on any atom is -0.331 e. The Kier molecular flexibility index (Phi) is 5.02. The molecule has 2 aromatic rings. The molecular weight excluding hydrogens is 360 g/mol. The van der Waals surface area contributed by atoms with Gasteiger partial charge in [0.1, 0.15) is 0 Å². The fourth-order valence-corrected chi connectivity index (χ4v) is 5.62. The van der Waals surface area contributed by atoms with Crippen LogP contribution in [-0.4, -0.2) is 44.4 Å². The molecule has 0 aromatic heterocycles. The summed E-state index contributed by atoms with van der Waals surface area (Å²) in [6.45, 7) is 1.74. The van der Waals surface area contributed by atoms with Gasteiger partial charge in [0.25, 0.3) is 5.91 Å². The predicted molar refractivity (Wildman–Crippen MR) is 104 cm³/mol. The maximum atomic E-state index is 13.4. The molecule has 1 amide bonds. The van der Waals surface area contributed by atoms with E-state index in [4.69, 9.17) is 0 Å². The molecule has 4 rings (SSSR count). The van der Waals surface area contributed by atoms with Gasteiger partial charge in [-0.25, -0.2) is 8.42 Å². The Hall–Kier alpha value is -2.18. The predicted octanol–water partition coefficient (Wildman–Crippen LogP) is 2.63. The van der Waals surface area contributed by atoms with Crippen LogP contribution in [0.5, 0.6) is 0 Å². The molecule has 5 nitrogen and oxygen atoms in total. The summed E-state index contributed by atoms with van der Waals surface area (Å²) in [5.74, 6) is -0.203. The summed E-state index contributed by atoms with van der Waals surface area (Å²) < 4.78 is 25.6. The van der Waals surface area contributed by atoms with Crippen molar-refractivity contribution in [2.75, 3.05) is 13.1 Å². The third-order valence-corrected chi connectivity index (χ3v) is 7.27. The molecule has 0 spiro atoms. The zero-order valence-electron chi connectivity index (χ0n) is 15.2. The van der Waals surface area contributed by atoms with E-state index in [1.165, 1.54) is 0 Å². The maximum absolute atomic E-state index is 13.4. The molecule has 2 saturated heterocycles. The van der Waals surface area contributed by atoms with Gasteiger partial charge in [0, 0.05) is 24.2 Å². The highest BCUT2D eigenvalue weighted by Crippen LogP contribution is 2.31. The van der Waals surface area contributed by atoms with Crippen LogP contribution in [0.2, 0.25) is 0 Å². The van der Waals surface area contributed by atoms with Gasteiger partial charge in [0.05, 0.1) is 10.6 Å². The molecule has 6 heteroatoms.